The van der Waals surface area contributed by atoms with Gasteiger partial charge in [0.2, 0.25) is 5.88 Å². The monoisotopic (exact) mass is 361 g/mol. The van der Waals surface area contributed by atoms with Gasteiger partial charge < -0.3 is 14.8 Å². The second-order valence-corrected chi connectivity index (χ2v) is 6.39. The van der Waals surface area contributed by atoms with E-state index in [1.165, 1.54) is 18.7 Å². The van der Waals surface area contributed by atoms with Crippen molar-refractivity contribution < 1.29 is 18.7 Å². The second kappa shape index (κ2) is 8.12. The number of hydrogen-bond donors (Lipinski definition) is 1. The number of oxime groups is 1. The Bertz CT molecular complexity index is 792. The van der Waals surface area contributed by atoms with E-state index in [9.17, 15) is 14.0 Å². The lowest BCUT2D eigenvalue weighted by molar-refractivity contribution is 0.256. The summed E-state index contributed by atoms with van der Waals surface area (Å²) in [7, 11) is 1.90. The third-order valence-electron chi connectivity index (χ3n) is 4.66. The molecule has 7 heteroatoms. The van der Waals surface area contributed by atoms with Gasteiger partial charge >= 0.3 is 0 Å². The van der Waals surface area contributed by atoms with Gasteiger partial charge in [0, 0.05) is 37.0 Å². The van der Waals surface area contributed by atoms with Crippen LogP contribution in [-0.4, -0.2) is 34.0 Å². The van der Waals surface area contributed by atoms with E-state index >= 15 is 0 Å². The van der Waals surface area contributed by atoms with Crippen molar-refractivity contribution >= 4 is 5.84 Å². The van der Waals surface area contributed by atoms with E-state index in [2.05, 4.69) is 10.1 Å². The van der Waals surface area contributed by atoms with Crippen LogP contribution in [0.4, 0.5) is 8.78 Å². The van der Waals surface area contributed by atoms with Crippen molar-refractivity contribution in [2.45, 2.75) is 38.1 Å². The third kappa shape index (κ3) is 4.09. The molecule has 1 aliphatic rings. The van der Waals surface area contributed by atoms with Crippen molar-refractivity contribution in [3.63, 3.8) is 0 Å². The molecular weight excluding hydrogens is 340 g/mol. The molecule has 3 rings (SSSR count). The molecule has 0 saturated heterocycles. The molecule has 1 aromatic heterocycles. The van der Waals surface area contributed by atoms with Gasteiger partial charge in [0.05, 0.1) is 0 Å². The standard InChI is InChI=1S/C19H21F2N3O2/c1-24(14-5-3-2-4-6-14)19(23-25)13-9-10-22-18(11-13)26-15-7-8-16(20)17(21)12-15/h7-12,14,25H,2-6H2,1H3/b23-19-. The van der Waals surface area contributed by atoms with Crippen LogP contribution in [0.15, 0.2) is 41.7 Å². The smallest absolute Gasteiger partial charge is 0.219 e. The number of pyridine rings is 1. The van der Waals surface area contributed by atoms with E-state index in [0.29, 0.717) is 17.4 Å². The lowest BCUT2D eigenvalue weighted by atomic mass is 9.94. The molecular formula is C19H21F2N3O2. The Hall–Kier alpha value is -2.70. The Labute approximate surface area is 150 Å². The van der Waals surface area contributed by atoms with Gasteiger partial charge in [-0.25, -0.2) is 13.8 Å². The highest BCUT2D eigenvalue weighted by Crippen LogP contribution is 2.25. The molecule has 0 unspecified atom stereocenters. The lowest BCUT2D eigenvalue weighted by Gasteiger charge is -2.32. The Morgan fingerprint density at radius 2 is 1.92 bits per heavy atom. The first-order valence-corrected chi connectivity index (χ1v) is 8.62. The summed E-state index contributed by atoms with van der Waals surface area (Å²) >= 11 is 0. The summed E-state index contributed by atoms with van der Waals surface area (Å²) in [6, 6.07) is 6.91. The summed E-state index contributed by atoms with van der Waals surface area (Å²) in [4.78, 5) is 6.05. The SMILES string of the molecule is CN(/C(=N\O)c1ccnc(Oc2ccc(F)c(F)c2)c1)C1CCCCC1. The molecule has 5 nitrogen and oxygen atoms in total. The normalized spacial score (nSPS) is 15.7. The molecule has 1 heterocycles. The predicted octanol–water partition coefficient (Wildman–Crippen LogP) is 4.55. The van der Waals surface area contributed by atoms with Crippen molar-refractivity contribution in [3.8, 4) is 11.6 Å². The molecule has 0 bridgehead atoms. The van der Waals surface area contributed by atoms with Gasteiger partial charge in [0.15, 0.2) is 17.5 Å². The number of rotatable bonds is 4. The number of hydrogen-bond acceptors (Lipinski definition) is 4. The van der Waals surface area contributed by atoms with Crippen molar-refractivity contribution in [2.24, 2.45) is 5.16 Å². The van der Waals surface area contributed by atoms with Crippen LogP contribution in [0.25, 0.3) is 0 Å². The van der Waals surface area contributed by atoms with E-state index in [-0.39, 0.29) is 11.6 Å². The number of nitrogens with zero attached hydrogens (tertiary/aromatic N) is 3. The fourth-order valence-electron chi connectivity index (χ4n) is 3.24. The first kappa shape index (κ1) is 18.1. The lowest BCUT2D eigenvalue weighted by Crippen LogP contribution is -2.38. The van der Waals surface area contributed by atoms with Crippen LogP contribution in [0.3, 0.4) is 0 Å². The quantitative estimate of drug-likeness (QED) is 0.376. The molecule has 26 heavy (non-hydrogen) atoms. The van der Waals surface area contributed by atoms with Gasteiger partial charge in [0.1, 0.15) is 5.75 Å². The van der Waals surface area contributed by atoms with Crippen LogP contribution in [-0.2, 0) is 0 Å². The van der Waals surface area contributed by atoms with Gasteiger partial charge in [-0.3, -0.25) is 0 Å². The van der Waals surface area contributed by atoms with Crippen LogP contribution in [0.2, 0.25) is 0 Å². The Kier molecular flexibility index (Phi) is 5.65. The number of amidine groups is 1. The van der Waals surface area contributed by atoms with Crippen LogP contribution < -0.4 is 4.74 Å². The summed E-state index contributed by atoms with van der Waals surface area (Å²) < 4.78 is 31.8. The van der Waals surface area contributed by atoms with Crippen LogP contribution in [0.5, 0.6) is 11.6 Å². The molecule has 1 aromatic carbocycles. The highest BCUT2D eigenvalue weighted by molar-refractivity contribution is 5.98. The Morgan fingerprint density at radius 1 is 1.15 bits per heavy atom. The highest BCUT2D eigenvalue weighted by atomic mass is 19.2. The molecule has 0 spiro atoms. The predicted molar refractivity (Wildman–Crippen MR) is 93.6 cm³/mol. The molecule has 1 N–H and O–H groups in total. The van der Waals surface area contributed by atoms with Gasteiger partial charge in [-0.15, -0.1) is 0 Å². The van der Waals surface area contributed by atoms with E-state index in [4.69, 9.17) is 4.74 Å². The topological polar surface area (TPSA) is 58.0 Å². The fourth-order valence-corrected chi connectivity index (χ4v) is 3.24. The van der Waals surface area contributed by atoms with Crippen molar-refractivity contribution in [2.75, 3.05) is 7.05 Å². The number of benzene rings is 1. The van der Waals surface area contributed by atoms with E-state index in [1.54, 1.807) is 12.1 Å². The Balaban J connectivity index is 1.79. The zero-order valence-corrected chi connectivity index (χ0v) is 14.5. The minimum absolute atomic E-state index is 0.136. The van der Waals surface area contributed by atoms with Crippen LogP contribution in [0.1, 0.15) is 37.7 Å². The van der Waals surface area contributed by atoms with E-state index < -0.39 is 11.6 Å². The van der Waals surface area contributed by atoms with Gasteiger partial charge in [-0.2, -0.15) is 0 Å². The molecule has 2 aromatic rings. The number of halogens is 2. The molecule has 138 valence electrons. The second-order valence-electron chi connectivity index (χ2n) is 6.39. The van der Waals surface area contributed by atoms with Crippen molar-refractivity contribution in [1.82, 2.24) is 9.88 Å². The zero-order chi connectivity index (χ0) is 18.5. The largest absolute Gasteiger partial charge is 0.439 e. The molecule has 0 atom stereocenters. The first-order valence-electron chi connectivity index (χ1n) is 8.62. The third-order valence-corrected chi connectivity index (χ3v) is 4.66. The maximum atomic E-state index is 13.3. The Morgan fingerprint density at radius 3 is 2.62 bits per heavy atom. The number of aromatic nitrogens is 1. The molecule has 0 radical (unpaired) electrons. The van der Waals surface area contributed by atoms with Gasteiger partial charge in [0.25, 0.3) is 0 Å². The highest BCUT2D eigenvalue weighted by Gasteiger charge is 2.22. The first-order chi connectivity index (χ1) is 12.6. The van der Waals surface area contributed by atoms with Crippen LogP contribution in [0, 0.1) is 11.6 Å². The maximum Gasteiger partial charge on any atom is 0.219 e. The van der Waals surface area contributed by atoms with Gasteiger partial charge in [-0.05, 0) is 31.0 Å². The average molecular weight is 361 g/mol. The van der Waals surface area contributed by atoms with Crippen molar-refractivity contribution in [3.05, 3.63) is 53.7 Å². The molecule has 1 saturated carbocycles. The number of ether oxygens (including phenoxy) is 1. The summed E-state index contributed by atoms with van der Waals surface area (Å²) in [6.45, 7) is 0. The minimum atomic E-state index is -0.992. The van der Waals surface area contributed by atoms with Gasteiger partial charge in [-0.1, -0.05) is 24.4 Å². The molecule has 0 amide bonds. The summed E-state index contributed by atoms with van der Waals surface area (Å²) in [5, 5.41) is 13.0. The average Bonchev–Trinajstić information content (AvgIpc) is 2.66. The molecule has 0 aliphatic heterocycles. The van der Waals surface area contributed by atoms with E-state index in [1.807, 2.05) is 11.9 Å². The summed E-state index contributed by atoms with van der Waals surface area (Å²) in [5.41, 5.74) is 0.633. The summed E-state index contributed by atoms with van der Waals surface area (Å²) in [6.07, 6.45) is 7.18. The summed E-state index contributed by atoms with van der Waals surface area (Å²) in [5.74, 6) is -1.17. The zero-order valence-electron chi connectivity index (χ0n) is 14.5. The van der Waals surface area contributed by atoms with E-state index in [0.717, 1.165) is 37.8 Å². The van der Waals surface area contributed by atoms with Crippen LogP contribution >= 0.6 is 0 Å². The fraction of sp³-hybridized carbons (Fsp3) is 0.368. The molecule has 1 fully saturated rings. The maximum absolute atomic E-state index is 13.3. The minimum Gasteiger partial charge on any atom is -0.439 e. The van der Waals surface area contributed by atoms with Crippen molar-refractivity contribution in [1.29, 1.82) is 0 Å². The molecule has 1 aliphatic carbocycles.